The van der Waals surface area contributed by atoms with Crippen molar-refractivity contribution < 1.29 is 14.4 Å². The number of imide groups is 1. The zero-order valence-corrected chi connectivity index (χ0v) is 14.6. The molecule has 3 aromatic rings. The maximum Gasteiger partial charge on any atom is 0.255 e. The average Bonchev–Trinajstić information content (AvgIpc) is 3.17. The van der Waals surface area contributed by atoms with Gasteiger partial charge in [0.1, 0.15) is 0 Å². The zero-order chi connectivity index (χ0) is 19.0. The molecule has 1 saturated heterocycles. The van der Waals surface area contributed by atoms with Gasteiger partial charge in [0.05, 0.1) is 17.8 Å². The normalized spacial score (nSPS) is 16.6. The lowest BCUT2D eigenvalue weighted by molar-refractivity contribution is -0.125. The molecule has 1 fully saturated rings. The van der Waals surface area contributed by atoms with Crippen LogP contribution in [0.25, 0.3) is 11.0 Å². The van der Waals surface area contributed by atoms with Gasteiger partial charge in [-0.05, 0) is 37.1 Å². The molecule has 3 heterocycles. The number of fused-ring (bicyclic) bond motifs is 1. The van der Waals surface area contributed by atoms with Crippen LogP contribution in [0, 0.1) is 12.8 Å². The number of hydrogen-bond donors (Lipinski definition) is 3. The van der Waals surface area contributed by atoms with Crippen molar-refractivity contribution in [3.63, 3.8) is 0 Å². The van der Waals surface area contributed by atoms with Gasteiger partial charge in [-0.15, -0.1) is 0 Å². The minimum Gasteiger partial charge on any atom is -0.321 e. The third-order valence-electron chi connectivity index (χ3n) is 4.62. The molecule has 0 radical (unpaired) electrons. The summed E-state index contributed by atoms with van der Waals surface area (Å²) in [5, 5.41) is 12.9. The number of rotatable bonds is 4. The molecular formula is C19H17N5O3. The molecular weight excluding hydrogens is 346 g/mol. The summed E-state index contributed by atoms with van der Waals surface area (Å²) in [5.74, 6) is -1.07. The Kier molecular flexibility index (Phi) is 4.15. The second kappa shape index (κ2) is 6.64. The molecule has 1 atom stereocenters. The van der Waals surface area contributed by atoms with Gasteiger partial charge >= 0.3 is 0 Å². The number of aryl methyl sites for hydroxylation is 1. The lowest BCUT2D eigenvalue weighted by Crippen LogP contribution is -2.22. The summed E-state index contributed by atoms with van der Waals surface area (Å²) < 4.78 is 0. The van der Waals surface area contributed by atoms with Gasteiger partial charge in [-0.3, -0.25) is 24.8 Å². The summed E-state index contributed by atoms with van der Waals surface area (Å²) in [6.07, 6.45) is 2.24. The molecule has 27 heavy (non-hydrogen) atoms. The van der Waals surface area contributed by atoms with E-state index in [0.717, 1.165) is 16.6 Å². The number of H-pyrrole nitrogens is 1. The number of aromatic nitrogens is 3. The number of anilines is 1. The highest BCUT2D eigenvalue weighted by atomic mass is 16.2. The molecule has 1 unspecified atom stereocenters. The predicted molar refractivity (Wildman–Crippen MR) is 98.0 cm³/mol. The fraction of sp³-hybridized carbons (Fsp3) is 0.211. The quantitative estimate of drug-likeness (QED) is 0.610. The Balaban J connectivity index is 1.44. The first-order valence-corrected chi connectivity index (χ1v) is 8.54. The summed E-state index contributed by atoms with van der Waals surface area (Å²) in [4.78, 5) is 39.6. The van der Waals surface area contributed by atoms with Crippen molar-refractivity contribution in [2.75, 3.05) is 5.32 Å². The second-order valence-corrected chi connectivity index (χ2v) is 6.61. The molecule has 1 aliphatic rings. The van der Waals surface area contributed by atoms with Gasteiger partial charge in [-0.25, -0.2) is 4.98 Å². The molecule has 0 saturated carbocycles. The molecule has 0 bridgehead atoms. The van der Waals surface area contributed by atoms with Crippen LogP contribution in [-0.4, -0.2) is 32.9 Å². The van der Waals surface area contributed by atoms with Crippen LogP contribution in [0.2, 0.25) is 0 Å². The maximum atomic E-state index is 12.5. The van der Waals surface area contributed by atoms with Crippen LogP contribution in [0.1, 0.15) is 28.0 Å². The summed E-state index contributed by atoms with van der Waals surface area (Å²) in [7, 11) is 0. The first kappa shape index (κ1) is 16.9. The Morgan fingerprint density at radius 1 is 1.26 bits per heavy atom. The van der Waals surface area contributed by atoms with Gasteiger partial charge in [-0.1, -0.05) is 12.1 Å². The van der Waals surface area contributed by atoms with E-state index in [1.54, 1.807) is 30.5 Å². The van der Waals surface area contributed by atoms with Gasteiger partial charge in [0.25, 0.3) is 5.91 Å². The molecule has 136 valence electrons. The van der Waals surface area contributed by atoms with Gasteiger partial charge < -0.3 is 5.32 Å². The number of carbonyl (C=O) groups is 3. The highest BCUT2D eigenvalue weighted by Crippen LogP contribution is 2.20. The van der Waals surface area contributed by atoms with E-state index >= 15 is 0 Å². The van der Waals surface area contributed by atoms with Crippen molar-refractivity contribution >= 4 is 34.4 Å². The van der Waals surface area contributed by atoms with Gasteiger partial charge in [0.2, 0.25) is 11.8 Å². The Bertz CT molecular complexity index is 1050. The Hall–Kier alpha value is -3.55. The maximum absolute atomic E-state index is 12.5. The van der Waals surface area contributed by atoms with Crippen LogP contribution in [0.5, 0.6) is 0 Å². The predicted octanol–water partition coefficient (Wildman–Crippen LogP) is 1.72. The van der Waals surface area contributed by atoms with E-state index < -0.39 is 0 Å². The number of hydrogen-bond acceptors (Lipinski definition) is 5. The number of aromatic amines is 1. The lowest BCUT2D eigenvalue weighted by atomic mass is 9.97. The van der Waals surface area contributed by atoms with Crippen molar-refractivity contribution in [3.05, 3.63) is 53.3 Å². The van der Waals surface area contributed by atoms with Gasteiger partial charge in [0.15, 0.2) is 5.65 Å². The molecule has 1 aliphatic heterocycles. The average molecular weight is 363 g/mol. The molecule has 3 amide bonds. The number of benzene rings is 1. The van der Waals surface area contributed by atoms with E-state index in [-0.39, 0.29) is 30.1 Å². The SMILES string of the molecule is Cc1[nH]nc2ncc(NC(=O)c3ccc(CC4CC(=O)NC4=O)cc3)cc12. The summed E-state index contributed by atoms with van der Waals surface area (Å²) in [6, 6.07) is 8.82. The molecule has 0 aliphatic carbocycles. The van der Waals surface area contributed by atoms with Crippen molar-refractivity contribution in [1.29, 1.82) is 0 Å². The zero-order valence-electron chi connectivity index (χ0n) is 14.6. The van der Waals surface area contributed by atoms with Crippen molar-refractivity contribution in [2.45, 2.75) is 19.8 Å². The second-order valence-electron chi connectivity index (χ2n) is 6.61. The minimum absolute atomic E-state index is 0.212. The van der Waals surface area contributed by atoms with Gasteiger partial charge in [-0.2, -0.15) is 5.10 Å². The smallest absolute Gasteiger partial charge is 0.255 e. The van der Waals surface area contributed by atoms with Crippen LogP contribution in [-0.2, 0) is 16.0 Å². The number of amides is 3. The minimum atomic E-state index is -0.340. The fourth-order valence-corrected chi connectivity index (χ4v) is 3.14. The van der Waals surface area contributed by atoms with E-state index in [1.165, 1.54) is 0 Å². The van der Waals surface area contributed by atoms with Gasteiger partial charge in [0, 0.05) is 23.1 Å². The molecule has 1 aromatic carbocycles. The van der Waals surface area contributed by atoms with Crippen LogP contribution < -0.4 is 10.6 Å². The van der Waals surface area contributed by atoms with Crippen LogP contribution in [0.3, 0.4) is 0 Å². The van der Waals surface area contributed by atoms with Crippen LogP contribution in [0.15, 0.2) is 36.5 Å². The number of nitrogens with one attached hydrogen (secondary N) is 3. The number of carbonyl (C=O) groups excluding carboxylic acids is 3. The molecule has 3 N–H and O–H groups in total. The van der Waals surface area contributed by atoms with E-state index in [0.29, 0.717) is 23.3 Å². The summed E-state index contributed by atoms with van der Waals surface area (Å²) in [5.41, 5.74) is 3.46. The standard InChI is InChI=1S/C19H17N5O3/c1-10-15-8-14(9-20-17(15)24-23-10)21-18(26)12-4-2-11(3-5-12)6-13-7-16(25)22-19(13)27/h2-5,8-9,13H,6-7H2,1H3,(H,21,26)(H,20,23,24)(H,22,25,27). The molecule has 8 nitrogen and oxygen atoms in total. The highest BCUT2D eigenvalue weighted by molar-refractivity contribution is 6.05. The van der Waals surface area contributed by atoms with E-state index in [9.17, 15) is 14.4 Å². The van der Waals surface area contributed by atoms with E-state index in [4.69, 9.17) is 0 Å². The Morgan fingerprint density at radius 3 is 2.74 bits per heavy atom. The third-order valence-corrected chi connectivity index (χ3v) is 4.62. The highest BCUT2D eigenvalue weighted by Gasteiger charge is 2.30. The van der Waals surface area contributed by atoms with Crippen molar-refractivity contribution in [2.24, 2.45) is 5.92 Å². The van der Waals surface area contributed by atoms with Crippen molar-refractivity contribution in [3.8, 4) is 0 Å². The number of nitrogens with zero attached hydrogens (tertiary/aromatic N) is 2. The summed E-state index contributed by atoms with van der Waals surface area (Å²) in [6.45, 7) is 1.89. The Morgan fingerprint density at radius 2 is 2.04 bits per heavy atom. The molecule has 2 aromatic heterocycles. The van der Waals surface area contributed by atoms with Crippen molar-refractivity contribution in [1.82, 2.24) is 20.5 Å². The molecule has 0 spiro atoms. The van der Waals surface area contributed by atoms with E-state index in [2.05, 4.69) is 25.8 Å². The third kappa shape index (κ3) is 3.41. The topological polar surface area (TPSA) is 117 Å². The molecule has 4 rings (SSSR count). The fourth-order valence-electron chi connectivity index (χ4n) is 3.14. The molecule has 8 heteroatoms. The first-order chi connectivity index (χ1) is 13.0. The largest absolute Gasteiger partial charge is 0.321 e. The lowest BCUT2D eigenvalue weighted by Gasteiger charge is -2.08. The van der Waals surface area contributed by atoms with Crippen LogP contribution in [0.4, 0.5) is 5.69 Å². The summed E-state index contributed by atoms with van der Waals surface area (Å²) >= 11 is 0. The Labute approximate surface area is 154 Å². The first-order valence-electron chi connectivity index (χ1n) is 8.54. The van der Waals surface area contributed by atoms with E-state index in [1.807, 2.05) is 13.0 Å². The number of pyridine rings is 1. The van der Waals surface area contributed by atoms with Crippen LogP contribution >= 0.6 is 0 Å². The monoisotopic (exact) mass is 363 g/mol.